The van der Waals surface area contributed by atoms with E-state index in [4.69, 9.17) is 4.74 Å². The van der Waals surface area contributed by atoms with Crippen molar-refractivity contribution in [2.75, 3.05) is 17.2 Å². The van der Waals surface area contributed by atoms with Crippen molar-refractivity contribution in [3.63, 3.8) is 0 Å². The third-order valence-corrected chi connectivity index (χ3v) is 5.12. The number of amides is 2. The zero-order valence-electron chi connectivity index (χ0n) is 19.4. The second-order valence-corrected chi connectivity index (χ2v) is 7.79. The summed E-state index contributed by atoms with van der Waals surface area (Å²) in [4.78, 5) is 58.9. The van der Waals surface area contributed by atoms with Crippen LogP contribution < -0.4 is 10.6 Å². The lowest BCUT2D eigenvalue weighted by Crippen LogP contribution is -2.18. The third-order valence-electron chi connectivity index (χ3n) is 5.12. The maximum atomic E-state index is 12.6. The fourth-order valence-electron chi connectivity index (χ4n) is 3.16. The molecule has 0 heterocycles. The molecule has 10 heteroatoms. The molecule has 0 atom stereocenters. The molecule has 10 nitrogen and oxygen atoms in total. The van der Waals surface area contributed by atoms with Gasteiger partial charge in [0.1, 0.15) is 0 Å². The SMILES string of the molecule is Cc1ccccc1NC(=O)c1cccc(NC(=O)CCC(=O)OCC(=O)c2ccc([N+](=O)[O-])cc2)c1. The maximum absolute atomic E-state index is 12.6. The quantitative estimate of drug-likeness (QED) is 0.187. The average molecular weight is 489 g/mol. The number of hydrogen-bond acceptors (Lipinski definition) is 7. The van der Waals surface area contributed by atoms with Crippen molar-refractivity contribution in [1.82, 2.24) is 0 Å². The first kappa shape index (κ1) is 25.8. The average Bonchev–Trinajstić information content (AvgIpc) is 2.87. The van der Waals surface area contributed by atoms with Crippen molar-refractivity contribution in [1.29, 1.82) is 0 Å². The van der Waals surface area contributed by atoms with Crippen LogP contribution >= 0.6 is 0 Å². The van der Waals surface area contributed by atoms with E-state index in [1.807, 2.05) is 25.1 Å². The van der Waals surface area contributed by atoms with Crippen molar-refractivity contribution >= 4 is 40.6 Å². The zero-order valence-corrected chi connectivity index (χ0v) is 19.4. The van der Waals surface area contributed by atoms with Gasteiger partial charge in [0, 0.05) is 41.1 Å². The highest BCUT2D eigenvalue weighted by Gasteiger charge is 2.14. The van der Waals surface area contributed by atoms with Crippen LogP contribution in [0.25, 0.3) is 0 Å². The predicted molar refractivity (Wildman–Crippen MR) is 132 cm³/mol. The highest BCUT2D eigenvalue weighted by Crippen LogP contribution is 2.17. The Morgan fingerprint density at radius 3 is 2.28 bits per heavy atom. The van der Waals surface area contributed by atoms with Crippen molar-refractivity contribution in [3.8, 4) is 0 Å². The molecule has 0 saturated heterocycles. The van der Waals surface area contributed by atoms with Crippen LogP contribution in [0.1, 0.15) is 39.1 Å². The number of aryl methyl sites for hydroxylation is 1. The number of ketones is 1. The number of para-hydroxylation sites is 1. The molecular formula is C26H23N3O7. The van der Waals surface area contributed by atoms with Gasteiger partial charge in [-0.25, -0.2) is 0 Å². The van der Waals surface area contributed by atoms with E-state index in [9.17, 15) is 29.3 Å². The number of esters is 1. The van der Waals surface area contributed by atoms with Gasteiger partial charge in [-0.05, 0) is 48.9 Å². The van der Waals surface area contributed by atoms with E-state index in [0.29, 0.717) is 16.9 Å². The normalized spacial score (nSPS) is 10.2. The summed E-state index contributed by atoms with van der Waals surface area (Å²) in [7, 11) is 0. The molecule has 0 saturated carbocycles. The van der Waals surface area contributed by atoms with Gasteiger partial charge in [-0.3, -0.25) is 29.3 Å². The van der Waals surface area contributed by atoms with Crippen LogP contribution in [0.2, 0.25) is 0 Å². The Bertz CT molecular complexity index is 1300. The van der Waals surface area contributed by atoms with Gasteiger partial charge in [-0.2, -0.15) is 0 Å². The Morgan fingerprint density at radius 1 is 0.861 bits per heavy atom. The molecule has 0 spiro atoms. The Hall–Kier alpha value is -4.86. The highest BCUT2D eigenvalue weighted by molar-refractivity contribution is 6.05. The monoisotopic (exact) mass is 489 g/mol. The number of rotatable bonds is 10. The molecule has 0 aliphatic heterocycles. The van der Waals surface area contributed by atoms with Crippen molar-refractivity contribution in [2.45, 2.75) is 19.8 Å². The number of nitrogens with one attached hydrogen (secondary N) is 2. The Kier molecular flexibility index (Phi) is 8.60. The molecule has 0 aromatic heterocycles. The van der Waals surface area contributed by atoms with Gasteiger partial charge < -0.3 is 15.4 Å². The number of ether oxygens (including phenoxy) is 1. The smallest absolute Gasteiger partial charge is 0.306 e. The number of non-ortho nitro benzene ring substituents is 1. The second-order valence-electron chi connectivity index (χ2n) is 7.79. The molecule has 3 aromatic carbocycles. The number of Topliss-reactive ketones (excluding diaryl/α,β-unsaturated/α-hetero) is 1. The molecule has 0 aliphatic rings. The second kappa shape index (κ2) is 12.0. The van der Waals surface area contributed by atoms with E-state index >= 15 is 0 Å². The van der Waals surface area contributed by atoms with E-state index in [1.54, 1.807) is 24.3 Å². The molecule has 36 heavy (non-hydrogen) atoms. The summed E-state index contributed by atoms with van der Waals surface area (Å²) in [5.74, 6) is -2.07. The Balaban J connectivity index is 1.45. The number of benzene rings is 3. The number of hydrogen-bond donors (Lipinski definition) is 2. The summed E-state index contributed by atoms with van der Waals surface area (Å²) < 4.78 is 4.90. The molecule has 3 rings (SSSR count). The summed E-state index contributed by atoms with van der Waals surface area (Å²) in [6, 6.07) is 18.6. The predicted octanol–water partition coefficient (Wildman–Crippen LogP) is 4.30. The van der Waals surface area contributed by atoms with Crippen LogP contribution in [0.15, 0.2) is 72.8 Å². The van der Waals surface area contributed by atoms with Gasteiger partial charge in [0.25, 0.3) is 11.6 Å². The summed E-state index contributed by atoms with van der Waals surface area (Å²) in [6.45, 7) is 1.33. The van der Waals surface area contributed by atoms with Gasteiger partial charge in [0.05, 0.1) is 11.3 Å². The molecule has 2 N–H and O–H groups in total. The minimum atomic E-state index is -0.744. The molecular weight excluding hydrogens is 466 g/mol. The van der Waals surface area contributed by atoms with Crippen LogP contribution in [0, 0.1) is 17.0 Å². The highest BCUT2D eigenvalue weighted by atomic mass is 16.6. The van der Waals surface area contributed by atoms with Gasteiger partial charge in [-0.15, -0.1) is 0 Å². The summed E-state index contributed by atoms with van der Waals surface area (Å²) in [5, 5.41) is 16.1. The van der Waals surface area contributed by atoms with E-state index < -0.39 is 29.2 Å². The van der Waals surface area contributed by atoms with Crippen molar-refractivity contribution < 1.29 is 28.8 Å². The molecule has 0 unspecified atom stereocenters. The summed E-state index contributed by atoms with van der Waals surface area (Å²) in [5.41, 5.74) is 2.34. The third kappa shape index (κ3) is 7.32. The topological polar surface area (TPSA) is 145 Å². The standard InChI is InChI=1S/C26H23N3O7/c1-17-5-2-3-8-22(17)28-26(33)19-6-4-7-20(15-19)27-24(31)13-14-25(32)36-16-23(30)18-9-11-21(12-10-18)29(34)35/h2-12,15H,13-14,16H2,1H3,(H,27,31)(H,28,33). The van der Waals surface area contributed by atoms with Gasteiger partial charge in [0.15, 0.2) is 12.4 Å². The van der Waals surface area contributed by atoms with Gasteiger partial charge in [0.2, 0.25) is 5.91 Å². The number of nitrogens with zero attached hydrogens (tertiary/aromatic N) is 1. The van der Waals surface area contributed by atoms with Gasteiger partial charge >= 0.3 is 5.97 Å². The minimum Gasteiger partial charge on any atom is -0.457 e. The largest absolute Gasteiger partial charge is 0.457 e. The van der Waals surface area contributed by atoms with E-state index in [2.05, 4.69) is 10.6 Å². The van der Waals surface area contributed by atoms with Crippen LogP contribution in [0.4, 0.5) is 17.1 Å². The lowest BCUT2D eigenvalue weighted by atomic mass is 10.1. The molecule has 2 amide bonds. The summed E-state index contributed by atoms with van der Waals surface area (Å²) in [6.07, 6.45) is -0.447. The van der Waals surface area contributed by atoms with Crippen LogP contribution in [-0.2, 0) is 14.3 Å². The fourth-order valence-corrected chi connectivity index (χ4v) is 3.16. The first-order chi connectivity index (χ1) is 17.2. The lowest BCUT2D eigenvalue weighted by Gasteiger charge is -2.10. The molecule has 3 aromatic rings. The van der Waals surface area contributed by atoms with Crippen molar-refractivity contribution in [2.24, 2.45) is 0 Å². The molecule has 0 bridgehead atoms. The molecule has 0 radical (unpaired) electrons. The van der Waals surface area contributed by atoms with Crippen molar-refractivity contribution in [3.05, 3.63) is 99.6 Å². The Morgan fingerprint density at radius 2 is 1.58 bits per heavy atom. The molecule has 0 aliphatic carbocycles. The number of anilines is 2. The number of carbonyl (C=O) groups is 4. The lowest BCUT2D eigenvalue weighted by molar-refractivity contribution is -0.384. The maximum Gasteiger partial charge on any atom is 0.306 e. The van der Waals surface area contributed by atoms with E-state index in [0.717, 1.165) is 5.56 Å². The number of carbonyl (C=O) groups excluding carboxylic acids is 4. The van der Waals surface area contributed by atoms with E-state index in [-0.39, 0.29) is 30.0 Å². The first-order valence-electron chi connectivity index (χ1n) is 10.9. The zero-order chi connectivity index (χ0) is 26.1. The summed E-state index contributed by atoms with van der Waals surface area (Å²) >= 11 is 0. The van der Waals surface area contributed by atoms with Crippen LogP contribution in [0.5, 0.6) is 0 Å². The van der Waals surface area contributed by atoms with Crippen LogP contribution in [0.3, 0.4) is 0 Å². The first-order valence-corrected chi connectivity index (χ1v) is 10.9. The fraction of sp³-hybridized carbons (Fsp3) is 0.154. The molecule has 0 fully saturated rings. The van der Waals surface area contributed by atoms with Gasteiger partial charge in [-0.1, -0.05) is 24.3 Å². The van der Waals surface area contributed by atoms with Crippen LogP contribution in [-0.4, -0.2) is 35.1 Å². The molecule has 184 valence electrons. The van der Waals surface area contributed by atoms with E-state index in [1.165, 1.54) is 30.3 Å². The number of nitro benzene ring substituents is 1. The Labute approximate surface area is 206 Å². The minimum absolute atomic E-state index is 0.160. The number of nitro groups is 1.